The van der Waals surface area contributed by atoms with Crippen molar-refractivity contribution < 1.29 is 14.7 Å². The van der Waals surface area contributed by atoms with E-state index in [1.54, 1.807) is 12.3 Å². The van der Waals surface area contributed by atoms with Crippen LogP contribution in [-0.2, 0) is 4.79 Å². The summed E-state index contributed by atoms with van der Waals surface area (Å²) in [5, 5.41) is 11.8. The summed E-state index contributed by atoms with van der Waals surface area (Å²) >= 11 is 3.26. The lowest BCUT2D eigenvalue weighted by atomic mass is 9.93. The van der Waals surface area contributed by atoms with Gasteiger partial charge in [0.25, 0.3) is 5.91 Å². The Labute approximate surface area is 113 Å². The molecule has 1 aliphatic carbocycles. The van der Waals surface area contributed by atoms with Crippen LogP contribution in [-0.4, -0.2) is 27.5 Å². The van der Waals surface area contributed by atoms with E-state index in [1.807, 2.05) is 0 Å². The first-order valence-corrected chi connectivity index (χ1v) is 6.68. The second-order valence-corrected chi connectivity index (χ2v) is 5.66. The van der Waals surface area contributed by atoms with Crippen molar-refractivity contribution in [3.05, 3.63) is 22.4 Å². The standard InChI is InChI=1S/C12H15BrN2O3/c13-8-5-9(14-7-8)11(18)15-12(6-10(16)17)3-1-2-4-12/h5,7,14H,1-4,6H2,(H,15,18)(H,16,17). The summed E-state index contributed by atoms with van der Waals surface area (Å²) in [6.07, 6.45) is 5.04. The average molecular weight is 315 g/mol. The molecular formula is C12H15BrN2O3. The first kappa shape index (κ1) is 13.1. The molecular weight excluding hydrogens is 300 g/mol. The highest BCUT2D eigenvalue weighted by Crippen LogP contribution is 2.33. The van der Waals surface area contributed by atoms with Crippen molar-refractivity contribution in [1.82, 2.24) is 10.3 Å². The monoisotopic (exact) mass is 314 g/mol. The smallest absolute Gasteiger partial charge is 0.305 e. The number of aromatic amines is 1. The van der Waals surface area contributed by atoms with Gasteiger partial charge in [-0.1, -0.05) is 12.8 Å². The minimum Gasteiger partial charge on any atom is -0.481 e. The normalized spacial score (nSPS) is 17.6. The molecule has 18 heavy (non-hydrogen) atoms. The highest BCUT2D eigenvalue weighted by Gasteiger charge is 2.37. The number of halogens is 1. The number of aromatic nitrogens is 1. The van der Waals surface area contributed by atoms with Crippen molar-refractivity contribution in [1.29, 1.82) is 0 Å². The second-order valence-electron chi connectivity index (χ2n) is 4.74. The topological polar surface area (TPSA) is 82.2 Å². The van der Waals surface area contributed by atoms with Crippen LogP contribution in [0, 0.1) is 0 Å². The molecule has 1 fully saturated rings. The third-order valence-electron chi connectivity index (χ3n) is 3.32. The van der Waals surface area contributed by atoms with Crippen molar-refractivity contribution >= 4 is 27.8 Å². The van der Waals surface area contributed by atoms with E-state index in [9.17, 15) is 9.59 Å². The fraction of sp³-hybridized carbons (Fsp3) is 0.500. The Hall–Kier alpha value is -1.30. The van der Waals surface area contributed by atoms with Crippen molar-refractivity contribution in [3.63, 3.8) is 0 Å². The molecule has 98 valence electrons. The molecule has 3 N–H and O–H groups in total. The Morgan fingerprint density at radius 2 is 2.11 bits per heavy atom. The largest absolute Gasteiger partial charge is 0.481 e. The SMILES string of the molecule is O=C(O)CC1(NC(=O)c2cc(Br)c[nH]2)CCCC1. The fourth-order valence-electron chi connectivity index (χ4n) is 2.49. The molecule has 1 saturated carbocycles. The zero-order valence-corrected chi connectivity index (χ0v) is 11.4. The van der Waals surface area contributed by atoms with Crippen molar-refractivity contribution in [2.45, 2.75) is 37.6 Å². The van der Waals surface area contributed by atoms with Gasteiger partial charge in [-0.15, -0.1) is 0 Å². The summed E-state index contributed by atoms with van der Waals surface area (Å²) in [6, 6.07) is 1.68. The number of carbonyl (C=O) groups excluding carboxylic acids is 1. The molecule has 0 atom stereocenters. The molecule has 0 radical (unpaired) electrons. The van der Waals surface area contributed by atoms with E-state index in [1.165, 1.54) is 0 Å². The number of amides is 1. The molecule has 0 aromatic carbocycles. The molecule has 0 unspecified atom stereocenters. The lowest BCUT2D eigenvalue weighted by Gasteiger charge is -2.28. The Morgan fingerprint density at radius 3 is 2.61 bits per heavy atom. The number of H-pyrrole nitrogens is 1. The molecule has 5 nitrogen and oxygen atoms in total. The van der Waals surface area contributed by atoms with Crippen molar-refractivity contribution in [2.24, 2.45) is 0 Å². The third-order valence-corrected chi connectivity index (χ3v) is 3.78. The van der Waals surface area contributed by atoms with Crippen LogP contribution in [0.1, 0.15) is 42.6 Å². The summed E-state index contributed by atoms with van der Waals surface area (Å²) in [5.74, 6) is -1.12. The molecule has 0 spiro atoms. The van der Waals surface area contributed by atoms with E-state index < -0.39 is 11.5 Å². The van der Waals surface area contributed by atoms with Gasteiger partial charge in [-0.2, -0.15) is 0 Å². The van der Waals surface area contributed by atoms with Gasteiger partial charge in [-0.05, 0) is 34.8 Å². The van der Waals surface area contributed by atoms with Crippen LogP contribution in [0.25, 0.3) is 0 Å². The predicted molar refractivity (Wildman–Crippen MR) is 69.4 cm³/mol. The van der Waals surface area contributed by atoms with Crippen LogP contribution in [0.5, 0.6) is 0 Å². The molecule has 1 aromatic heterocycles. The molecule has 1 aliphatic rings. The van der Waals surface area contributed by atoms with Gasteiger partial charge in [0, 0.05) is 10.7 Å². The maximum Gasteiger partial charge on any atom is 0.305 e. The number of carboxylic acids is 1. The number of rotatable bonds is 4. The van der Waals surface area contributed by atoms with Gasteiger partial charge >= 0.3 is 5.97 Å². The van der Waals surface area contributed by atoms with Gasteiger partial charge in [-0.25, -0.2) is 0 Å². The second kappa shape index (κ2) is 5.14. The molecule has 0 bridgehead atoms. The molecule has 1 amide bonds. The minimum atomic E-state index is -0.870. The van der Waals surface area contributed by atoms with E-state index in [2.05, 4.69) is 26.2 Å². The van der Waals surface area contributed by atoms with E-state index in [0.717, 1.165) is 30.2 Å². The quantitative estimate of drug-likeness (QED) is 0.797. The van der Waals surface area contributed by atoms with Gasteiger partial charge in [-0.3, -0.25) is 9.59 Å². The predicted octanol–water partition coefficient (Wildman–Crippen LogP) is 2.29. The molecule has 0 saturated heterocycles. The van der Waals surface area contributed by atoms with Gasteiger partial charge < -0.3 is 15.4 Å². The highest BCUT2D eigenvalue weighted by atomic mass is 79.9. The Balaban J connectivity index is 2.09. The van der Waals surface area contributed by atoms with Gasteiger partial charge in [0.15, 0.2) is 0 Å². The number of hydrogen-bond acceptors (Lipinski definition) is 2. The summed E-state index contributed by atoms with van der Waals surface area (Å²) in [5.41, 5.74) is -0.140. The number of nitrogens with one attached hydrogen (secondary N) is 2. The van der Waals surface area contributed by atoms with Crippen molar-refractivity contribution in [2.75, 3.05) is 0 Å². The number of aliphatic carboxylic acids is 1. The van der Waals surface area contributed by atoms with Gasteiger partial charge in [0.2, 0.25) is 0 Å². The molecule has 0 aliphatic heterocycles. The maximum atomic E-state index is 12.0. The van der Waals surface area contributed by atoms with Crippen molar-refractivity contribution in [3.8, 4) is 0 Å². The van der Waals surface area contributed by atoms with Gasteiger partial charge in [0.05, 0.1) is 12.0 Å². The summed E-state index contributed by atoms with van der Waals surface area (Å²) < 4.78 is 0.798. The Bertz CT molecular complexity index is 464. The van der Waals surface area contributed by atoms with Gasteiger partial charge in [0.1, 0.15) is 5.69 Å². The zero-order chi connectivity index (χ0) is 13.2. The van der Waals surface area contributed by atoms with E-state index >= 15 is 0 Å². The third kappa shape index (κ3) is 2.93. The van der Waals surface area contributed by atoms with Crippen LogP contribution < -0.4 is 5.32 Å². The minimum absolute atomic E-state index is 0.0133. The number of hydrogen-bond donors (Lipinski definition) is 3. The lowest BCUT2D eigenvalue weighted by molar-refractivity contribution is -0.138. The summed E-state index contributed by atoms with van der Waals surface area (Å²) in [7, 11) is 0. The van der Waals surface area contributed by atoms with E-state index in [4.69, 9.17) is 5.11 Å². The summed E-state index contributed by atoms with van der Waals surface area (Å²) in [6.45, 7) is 0. The van der Waals surface area contributed by atoms with E-state index in [0.29, 0.717) is 5.69 Å². The van der Waals surface area contributed by atoms with Crippen LogP contribution >= 0.6 is 15.9 Å². The fourth-order valence-corrected chi connectivity index (χ4v) is 2.84. The average Bonchev–Trinajstić information content (AvgIpc) is 2.87. The Kier molecular flexibility index (Phi) is 3.75. The van der Waals surface area contributed by atoms with Crippen LogP contribution in [0.15, 0.2) is 16.7 Å². The highest BCUT2D eigenvalue weighted by molar-refractivity contribution is 9.10. The first-order chi connectivity index (χ1) is 8.51. The molecule has 1 heterocycles. The number of carbonyl (C=O) groups is 2. The van der Waals surface area contributed by atoms with Crippen LogP contribution in [0.2, 0.25) is 0 Å². The lowest BCUT2D eigenvalue weighted by Crippen LogP contribution is -2.47. The summed E-state index contributed by atoms with van der Waals surface area (Å²) in [4.78, 5) is 25.8. The molecule has 6 heteroatoms. The van der Waals surface area contributed by atoms with Crippen LogP contribution in [0.4, 0.5) is 0 Å². The first-order valence-electron chi connectivity index (χ1n) is 5.89. The Morgan fingerprint density at radius 1 is 1.44 bits per heavy atom. The van der Waals surface area contributed by atoms with E-state index in [-0.39, 0.29) is 12.3 Å². The van der Waals surface area contributed by atoms with Crippen LogP contribution in [0.3, 0.4) is 0 Å². The zero-order valence-electron chi connectivity index (χ0n) is 9.83. The molecule has 1 aromatic rings. The maximum absolute atomic E-state index is 12.0. The molecule has 2 rings (SSSR count). The number of carboxylic acid groups (broad SMARTS) is 1.